The molecule has 0 unspecified atom stereocenters. The van der Waals surface area contributed by atoms with Crippen molar-refractivity contribution in [2.24, 2.45) is 4.99 Å². The number of hydrogen-bond acceptors (Lipinski definition) is 5. The number of anilines is 1. The Morgan fingerprint density at radius 1 is 1.17 bits per heavy atom. The van der Waals surface area contributed by atoms with Crippen LogP contribution in [0.25, 0.3) is 0 Å². The molecule has 2 amide bonds. The molecule has 2 aromatic rings. The molecule has 6 nitrogen and oxygen atoms in total. The summed E-state index contributed by atoms with van der Waals surface area (Å²) in [6.45, 7) is 6.86. The van der Waals surface area contributed by atoms with E-state index in [1.165, 1.54) is 17.3 Å². The number of benzene rings is 2. The molecule has 1 aliphatic rings. The van der Waals surface area contributed by atoms with Gasteiger partial charge < -0.3 is 15.4 Å². The van der Waals surface area contributed by atoms with Gasteiger partial charge >= 0.3 is 0 Å². The van der Waals surface area contributed by atoms with Crippen molar-refractivity contribution >= 4 is 40.1 Å². The van der Waals surface area contributed by atoms with Crippen LogP contribution in [0.15, 0.2) is 53.5 Å². The topological polar surface area (TPSA) is 79.8 Å². The summed E-state index contributed by atoms with van der Waals surface area (Å²) in [4.78, 5) is 29.1. The van der Waals surface area contributed by atoms with Crippen molar-refractivity contribution in [1.82, 2.24) is 5.32 Å². The van der Waals surface area contributed by atoms with Crippen molar-refractivity contribution in [3.8, 4) is 5.75 Å². The van der Waals surface area contributed by atoms with Crippen molar-refractivity contribution in [2.45, 2.75) is 44.8 Å². The van der Waals surface area contributed by atoms with Crippen LogP contribution < -0.4 is 15.4 Å². The third-order valence-electron chi connectivity index (χ3n) is 4.90. The van der Waals surface area contributed by atoms with Gasteiger partial charge in [0.05, 0.1) is 12.3 Å². The lowest BCUT2D eigenvalue weighted by Crippen LogP contribution is -2.28. The minimum absolute atomic E-state index is 0.0791. The highest BCUT2D eigenvalue weighted by atomic mass is 32.2. The number of aliphatic imine (C=N–C) groups is 1. The first-order valence-electron chi connectivity index (χ1n) is 10.2. The minimum Gasteiger partial charge on any atom is -0.494 e. The quantitative estimate of drug-likeness (QED) is 0.634. The van der Waals surface area contributed by atoms with E-state index in [0.717, 1.165) is 17.9 Å². The highest BCUT2D eigenvalue weighted by molar-refractivity contribution is 8.15. The van der Waals surface area contributed by atoms with Gasteiger partial charge in [-0.1, -0.05) is 37.7 Å². The molecule has 0 aliphatic carbocycles. The lowest BCUT2D eigenvalue weighted by molar-refractivity contribution is -0.122. The van der Waals surface area contributed by atoms with Gasteiger partial charge in [0.25, 0.3) is 0 Å². The van der Waals surface area contributed by atoms with E-state index >= 15 is 0 Å². The number of ether oxygens (including phenoxy) is 1. The largest absolute Gasteiger partial charge is 0.494 e. The number of amidine groups is 1. The first kappa shape index (κ1) is 21.9. The molecule has 0 spiro atoms. The van der Waals surface area contributed by atoms with E-state index in [1.807, 2.05) is 19.1 Å². The third kappa shape index (κ3) is 5.86. The Balaban J connectivity index is 1.56. The number of nitrogens with zero attached hydrogens (tertiary/aromatic N) is 1. The maximum atomic E-state index is 12.3. The van der Waals surface area contributed by atoms with E-state index in [9.17, 15) is 9.59 Å². The van der Waals surface area contributed by atoms with Gasteiger partial charge in [-0.05, 0) is 61.2 Å². The van der Waals surface area contributed by atoms with E-state index in [0.29, 0.717) is 23.4 Å². The molecule has 2 N–H and O–H groups in total. The van der Waals surface area contributed by atoms with E-state index in [-0.39, 0.29) is 18.2 Å². The summed E-state index contributed by atoms with van der Waals surface area (Å²) in [5, 5.41) is 5.62. The van der Waals surface area contributed by atoms with Crippen molar-refractivity contribution in [3.63, 3.8) is 0 Å². The Morgan fingerprint density at radius 3 is 2.50 bits per heavy atom. The molecule has 158 valence electrons. The van der Waals surface area contributed by atoms with Crippen LogP contribution in [0.3, 0.4) is 0 Å². The Kier molecular flexibility index (Phi) is 7.52. The lowest BCUT2D eigenvalue weighted by Gasteiger charge is -2.09. The molecule has 2 atom stereocenters. The van der Waals surface area contributed by atoms with Gasteiger partial charge in [-0.15, -0.1) is 0 Å². The molecule has 2 aromatic carbocycles. The molecule has 0 bridgehead atoms. The highest BCUT2D eigenvalue weighted by Gasteiger charge is 2.32. The standard InChI is InChI=1S/C23H27N3O3S/c1-4-15(3)16-6-8-18(9-7-16)25-23-26-22(28)20(30-23)14-21(27)24-17-10-12-19(13-11-17)29-5-2/h6-13,15,20H,4-5,14H2,1-3H3,(H,24,27)(H,25,26,28)/t15-,20-/m0/s1. The predicted molar refractivity (Wildman–Crippen MR) is 123 cm³/mol. The van der Waals surface area contributed by atoms with E-state index in [2.05, 4.69) is 41.6 Å². The lowest BCUT2D eigenvalue weighted by atomic mass is 9.99. The smallest absolute Gasteiger partial charge is 0.240 e. The fourth-order valence-corrected chi connectivity index (χ4v) is 3.99. The SMILES string of the molecule is CCOc1ccc(NC(=O)C[C@@H]2SC(=Nc3ccc([C@@H](C)CC)cc3)NC2=O)cc1. The molecule has 1 fully saturated rings. The van der Waals surface area contributed by atoms with Gasteiger partial charge in [-0.25, -0.2) is 4.99 Å². The van der Waals surface area contributed by atoms with Gasteiger partial charge in [-0.3, -0.25) is 9.59 Å². The fourth-order valence-electron chi connectivity index (χ4n) is 3.00. The van der Waals surface area contributed by atoms with E-state index < -0.39 is 5.25 Å². The molecule has 3 rings (SSSR count). The number of amides is 2. The molecular formula is C23H27N3O3S. The van der Waals surface area contributed by atoms with Crippen LogP contribution >= 0.6 is 11.8 Å². The summed E-state index contributed by atoms with van der Waals surface area (Å²) >= 11 is 1.29. The second kappa shape index (κ2) is 10.3. The molecule has 0 aromatic heterocycles. The Morgan fingerprint density at radius 2 is 1.87 bits per heavy atom. The Labute approximate surface area is 181 Å². The predicted octanol–water partition coefficient (Wildman–Crippen LogP) is 4.85. The number of hydrogen-bond donors (Lipinski definition) is 2. The minimum atomic E-state index is -0.495. The zero-order valence-corrected chi connectivity index (χ0v) is 18.3. The molecule has 30 heavy (non-hydrogen) atoms. The second-order valence-corrected chi connectivity index (χ2v) is 8.31. The summed E-state index contributed by atoms with van der Waals surface area (Å²) in [6.07, 6.45) is 1.16. The Hall–Kier alpha value is -2.80. The van der Waals surface area contributed by atoms with Crippen LogP contribution in [0.1, 0.15) is 45.1 Å². The highest BCUT2D eigenvalue weighted by Crippen LogP contribution is 2.27. The summed E-state index contributed by atoms with van der Waals surface area (Å²) in [5.74, 6) is 0.840. The summed E-state index contributed by atoms with van der Waals surface area (Å²) in [7, 11) is 0. The molecule has 0 saturated carbocycles. The first-order chi connectivity index (χ1) is 14.5. The van der Waals surface area contributed by atoms with Crippen molar-refractivity contribution in [2.75, 3.05) is 11.9 Å². The van der Waals surface area contributed by atoms with Crippen LogP contribution in [0.5, 0.6) is 5.75 Å². The van der Waals surface area contributed by atoms with Gasteiger partial charge in [0.2, 0.25) is 11.8 Å². The molecular weight excluding hydrogens is 398 g/mol. The number of thioether (sulfide) groups is 1. The monoisotopic (exact) mass is 425 g/mol. The van der Waals surface area contributed by atoms with Gasteiger partial charge in [0.15, 0.2) is 5.17 Å². The van der Waals surface area contributed by atoms with Gasteiger partial charge in [0.1, 0.15) is 11.0 Å². The maximum Gasteiger partial charge on any atom is 0.240 e. The van der Waals surface area contributed by atoms with E-state index in [4.69, 9.17) is 4.74 Å². The van der Waals surface area contributed by atoms with Crippen molar-refractivity contribution in [3.05, 3.63) is 54.1 Å². The average Bonchev–Trinajstić information content (AvgIpc) is 3.08. The van der Waals surface area contributed by atoms with Crippen LogP contribution in [0.4, 0.5) is 11.4 Å². The van der Waals surface area contributed by atoms with Crippen molar-refractivity contribution in [1.29, 1.82) is 0 Å². The molecule has 0 radical (unpaired) electrons. The van der Waals surface area contributed by atoms with Crippen LogP contribution in [0, 0.1) is 0 Å². The normalized spacial score (nSPS) is 18.2. The summed E-state index contributed by atoms with van der Waals surface area (Å²) < 4.78 is 5.39. The Bertz CT molecular complexity index is 910. The van der Waals surface area contributed by atoms with E-state index in [1.54, 1.807) is 24.3 Å². The molecule has 1 saturated heterocycles. The van der Waals surface area contributed by atoms with Crippen LogP contribution in [-0.2, 0) is 9.59 Å². The summed E-state index contributed by atoms with van der Waals surface area (Å²) in [6, 6.07) is 15.2. The van der Waals surface area contributed by atoms with Crippen molar-refractivity contribution < 1.29 is 14.3 Å². The summed E-state index contributed by atoms with van der Waals surface area (Å²) in [5.41, 5.74) is 2.72. The number of carbonyl (C=O) groups is 2. The average molecular weight is 426 g/mol. The van der Waals surface area contributed by atoms with Gasteiger partial charge in [0, 0.05) is 12.1 Å². The van der Waals surface area contributed by atoms with Crippen LogP contribution in [-0.4, -0.2) is 28.8 Å². The fraction of sp³-hybridized carbons (Fsp3) is 0.348. The molecule has 7 heteroatoms. The third-order valence-corrected chi connectivity index (χ3v) is 5.98. The zero-order chi connectivity index (χ0) is 21.5. The number of carbonyl (C=O) groups excluding carboxylic acids is 2. The molecule has 1 aliphatic heterocycles. The van der Waals surface area contributed by atoms with Gasteiger partial charge in [-0.2, -0.15) is 0 Å². The first-order valence-corrected chi connectivity index (χ1v) is 11.0. The maximum absolute atomic E-state index is 12.3. The second-order valence-electron chi connectivity index (χ2n) is 7.12. The molecule has 1 heterocycles. The zero-order valence-electron chi connectivity index (χ0n) is 17.5. The van der Waals surface area contributed by atoms with Crippen LogP contribution in [0.2, 0.25) is 0 Å². The number of nitrogens with one attached hydrogen (secondary N) is 2. The number of rotatable bonds is 8.